The van der Waals surface area contributed by atoms with Crippen LogP contribution in [-0.4, -0.2) is 103 Å². The van der Waals surface area contributed by atoms with Crippen LogP contribution in [0.3, 0.4) is 0 Å². The lowest BCUT2D eigenvalue weighted by Crippen LogP contribution is -2.45. The SMILES string of the molecule is N#CC1=C(N2CCOCC2)N=P(N2CCOCC2)(N2CCOCC2)N=C1C(Cl)(Cl)Cl. The van der Waals surface area contributed by atoms with Crippen LogP contribution in [0, 0.1) is 11.3 Å². The monoisotopic (exact) mass is 496 g/mol. The zero-order valence-electron chi connectivity index (χ0n) is 16.5. The summed E-state index contributed by atoms with van der Waals surface area (Å²) < 4.78 is 29.5. The molecule has 4 aliphatic heterocycles. The fourth-order valence-electron chi connectivity index (χ4n) is 3.86. The molecule has 0 unspecified atom stereocenters. The summed E-state index contributed by atoms with van der Waals surface area (Å²) in [6, 6.07) is 2.20. The largest absolute Gasteiger partial charge is 0.379 e. The van der Waals surface area contributed by atoms with E-state index in [1.54, 1.807) is 0 Å². The minimum Gasteiger partial charge on any atom is -0.379 e. The highest BCUT2D eigenvalue weighted by molar-refractivity contribution is 7.60. The molecule has 4 aliphatic rings. The van der Waals surface area contributed by atoms with Gasteiger partial charge in [0.15, 0.2) is 5.82 Å². The van der Waals surface area contributed by atoms with Crippen molar-refractivity contribution >= 4 is 48.0 Å². The van der Waals surface area contributed by atoms with Gasteiger partial charge in [0.1, 0.15) is 17.4 Å². The minimum atomic E-state index is -2.69. The molecular formula is C17H24Cl3N6O3P. The van der Waals surface area contributed by atoms with Gasteiger partial charge in [0.2, 0.25) is 11.3 Å². The Balaban J connectivity index is 1.92. The lowest BCUT2D eigenvalue weighted by atomic mass is 10.1. The number of nitrogens with zero attached hydrogens (tertiary/aromatic N) is 6. The molecule has 0 radical (unpaired) electrons. The normalized spacial score (nSPS) is 26.7. The molecule has 3 fully saturated rings. The molecule has 0 bridgehead atoms. The average Bonchev–Trinajstić information content (AvgIpc) is 2.79. The maximum absolute atomic E-state index is 9.98. The van der Waals surface area contributed by atoms with Crippen LogP contribution in [0.2, 0.25) is 0 Å². The third-order valence-electron chi connectivity index (χ3n) is 5.35. The fraction of sp³-hybridized carbons (Fsp3) is 0.765. The van der Waals surface area contributed by atoms with Crippen molar-refractivity contribution in [3.63, 3.8) is 0 Å². The predicted octanol–water partition coefficient (Wildman–Crippen LogP) is 2.49. The van der Waals surface area contributed by atoms with Crippen molar-refractivity contribution in [2.45, 2.75) is 3.79 Å². The van der Waals surface area contributed by atoms with Gasteiger partial charge in [0.05, 0.1) is 39.6 Å². The Morgan fingerprint density at radius 1 is 0.833 bits per heavy atom. The predicted molar refractivity (Wildman–Crippen MR) is 117 cm³/mol. The maximum atomic E-state index is 9.98. The van der Waals surface area contributed by atoms with E-state index < -0.39 is 11.3 Å². The lowest BCUT2D eigenvalue weighted by molar-refractivity contribution is 0.0510. The summed E-state index contributed by atoms with van der Waals surface area (Å²) in [5, 5.41) is 9.98. The summed E-state index contributed by atoms with van der Waals surface area (Å²) >= 11 is 19.1. The molecule has 9 nitrogen and oxygen atoms in total. The molecule has 0 aromatic rings. The third-order valence-corrected chi connectivity index (χ3v) is 9.13. The minimum absolute atomic E-state index is 0.165. The highest BCUT2D eigenvalue weighted by atomic mass is 35.6. The number of ether oxygens (including phenoxy) is 3. The van der Waals surface area contributed by atoms with Crippen LogP contribution in [0.5, 0.6) is 0 Å². The molecule has 30 heavy (non-hydrogen) atoms. The Morgan fingerprint density at radius 3 is 1.73 bits per heavy atom. The molecule has 0 N–H and O–H groups in total. The van der Waals surface area contributed by atoms with Crippen molar-refractivity contribution < 1.29 is 14.2 Å². The second-order valence-corrected chi connectivity index (χ2v) is 12.0. The van der Waals surface area contributed by atoms with Crippen LogP contribution in [0.25, 0.3) is 0 Å². The van der Waals surface area contributed by atoms with E-state index in [0.717, 1.165) is 0 Å². The summed E-state index contributed by atoms with van der Waals surface area (Å²) in [6.07, 6.45) is 0. The smallest absolute Gasteiger partial charge is 0.234 e. The first kappa shape index (κ1) is 22.8. The average molecular weight is 498 g/mol. The van der Waals surface area contributed by atoms with Gasteiger partial charge in [-0.2, -0.15) is 10.0 Å². The number of morpholine rings is 3. The topological polar surface area (TPSA) is 85.9 Å². The van der Waals surface area contributed by atoms with Gasteiger partial charge >= 0.3 is 0 Å². The summed E-state index contributed by atoms with van der Waals surface area (Å²) in [4.78, 5) is 2.04. The van der Waals surface area contributed by atoms with Gasteiger partial charge in [-0.15, -0.1) is 0 Å². The molecule has 0 saturated carbocycles. The lowest BCUT2D eigenvalue weighted by Gasteiger charge is -2.46. The molecule has 166 valence electrons. The summed E-state index contributed by atoms with van der Waals surface area (Å²) in [6.45, 7) is 7.36. The highest BCUT2D eigenvalue weighted by Gasteiger charge is 2.45. The van der Waals surface area contributed by atoms with E-state index in [4.69, 9.17) is 58.5 Å². The number of halogens is 3. The van der Waals surface area contributed by atoms with Crippen LogP contribution in [-0.2, 0) is 14.2 Å². The van der Waals surface area contributed by atoms with E-state index in [9.17, 15) is 5.26 Å². The van der Waals surface area contributed by atoms with Crippen LogP contribution < -0.4 is 0 Å². The molecule has 4 rings (SSSR count). The zero-order valence-corrected chi connectivity index (χ0v) is 19.6. The Morgan fingerprint density at radius 2 is 1.30 bits per heavy atom. The van der Waals surface area contributed by atoms with Gasteiger partial charge in [-0.3, -0.25) is 0 Å². The van der Waals surface area contributed by atoms with Crippen molar-refractivity contribution in [3.05, 3.63) is 11.4 Å². The maximum Gasteiger partial charge on any atom is 0.234 e. The molecule has 0 aliphatic carbocycles. The van der Waals surface area contributed by atoms with Crippen molar-refractivity contribution in [2.75, 3.05) is 78.9 Å². The summed E-state index contributed by atoms with van der Waals surface area (Å²) in [5.74, 6) is 0.545. The fourth-order valence-corrected chi connectivity index (χ4v) is 7.76. The van der Waals surface area contributed by atoms with Crippen LogP contribution in [0.15, 0.2) is 20.9 Å². The summed E-state index contributed by atoms with van der Waals surface area (Å²) in [7, 11) is -2.69. The quantitative estimate of drug-likeness (QED) is 0.437. The Kier molecular flexibility index (Phi) is 7.30. The van der Waals surface area contributed by atoms with Crippen molar-refractivity contribution in [2.24, 2.45) is 9.51 Å². The molecule has 0 aromatic carbocycles. The molecule has 13 heteroatoms. The molecule has 4 heterocycles. The first-order valence-corrected chi connectivity index (χ1v) is 12.6. The van der Waals surface area contributed by atoms with Gasteiger partial charge in [-0.1, -0.05) is 34.8 Å². The molecule has 0 atom stereocenters. The van der Waals surface area contributed by atoms with Crippen molar-refractivity contribution in [1.29, 1.82) is 5.26 Å². The first-order chi connectivity index (χ1) is 14.5. The van der Waals surface area contributed by atoms with Crippen LogP contribution >= 0.6 is 42.3 Å². The molecule has 3 saturated heterocycles. The van der Waals surface area contributed by atoms with Crippen molar-refractivity contribution in [3.8, 4) is 6.07 Å². The van der Waals surface area contributed by atoms with E-state index in [2.05, 4.69) is 15.4 Å². The third kappa shape index (κ3) is 4.54. The van der Waals surface area contributed by atoms with Crippen LogP contribution in [0.1, 0.15) is 0 Å². The van der Waals surface area contributed by atoms with E-state index in [0.29, 0.717) is 84.7 Å². The Bertz CT molecular complexity index is 785. The van der Waals surface area contributed by atoms with E-state index in [1.165, 1.54) is 0 Å². The number of rotatable bonds is 3. The van der Waals surface area contributed by atoms with E-state index in [1.807, 2.05) is 4.90 Å². The number of alkyl halides is 3. The van der Waals surface area contributed by atoms with Gasteiger partial charge < -0.3 is 19.1 Å². The van der Waals surface area contributed by atoms with E-state index >= 15 is 0 Å². The molecule has 0 aromatic heterocycles. The van der Waals surface area contributed by atoms with Gasteiger partial charge in [0.25, 0.3) is 0 Å². The molecule has 0 amide bonds. The second-order valence-electron chi connectivity index (χ2n) is 7.12. The van der Waals surface area contributed by atoms with Gasteiger partial charge in [-0.25, -0.2) is 14.1 Å². The Labute approximate surface area is 191 Å². The number of hydrogen-bond donors (Lipinski definition) is 0. The first-order valence-electron chi connectivity index (χ1n) is 9.89. The standard InChI is InChI=1S/C17H24Cl3N6O3P/c18-17(19,20)15-14(13-21)16(24-1-7-27-8-2-24)23-30(22-15,25-3-9-28-10-4-25)26-5-11-29-12-6-26/h1-12H2. The molecule has 0 spiro atoms. The Hall–Kier alpha value is -0.400. The van der Waals surface area contributed by atoms with E-state index in [-0.39, 0.29) is 11.3 Å². The zero-order chi connectivity index (χ0) is 21.2. The highest BCUT2D eigenvalue weighted by Crippen LogP contribution is 2.62. The van der Waals surface area contributed by atoms with Gasteiger partial charge in [0, 0.05) is 39.3 Å². The second kappa shape index (κ2) is 9.62. The number of nitriles is 1. The number of allylic oxidation sites excluding steroid dienone is 1. The van der Waals surface area contributed by atoms with Gasteiger partial charge in [-0.05, 0) is 0 Å². The number of hydrogen-bond acceptors (Lipinski definition) is 9. The molecular weight excluding hydrogens is 474 g/mol. The van der Waals surface area contributed by atoms with Crippen molar-refractivity contribution in [1.82, 2.24) is 14.2 Å². The summed E-state index contributed by atoms with van der Waals surface area (Å²) in [5.41, 5.74) is 0.381. The van der Waals surface area contributed by atoms with Crippen LogP contribution in [0.4, 0.5) is 0 Å².